The molecule has 39 heavy (non-hydrogen) atoms. The highest BCUT2D eigenvalue weighted by Crippen LogP contribution is 2.32. The molecule has 218 valence electrons. The fraction of sp³-hybridized carbons (Fsp3) is 0.696. The highest BCUT2D eigenvalue weighted by atomic mass is 32.2. The molecule has 1 saturated heterocycles. The van der Waals surface area contributed by atoms with Gasteiger partial charge in [0.25, 0.3) is 5.91 Å². The quantitative estimate of drug-likeness (QED) is 0.152. The average molecular weight is 571 g/mol. The number of aliphatic hydroxyl groups excluding tert-OH is 2. The van der Waals surface area contributed by atoms with Crippen LogP contribution in [0.2, 0.25) is 0 Å². The standard InChI is InChI=1S/C23H38N8O7S/c1-13(2)28-21(35)18-16(33)17(34)22(38-18)31-12-27-15-19(24)29-23(30-20(15)31)26-10-9-25-14(32)8-6-4-5-7-11-39(3,36)37/h12-13,16-18,22,33-34H,4-11H2,1-3H3,(H,25,32)(H,28,35)(H3,24,26,29,30)/t16-,17+,18-,22+/m0/s1. The number of nitrogens with two attached hydrogens (primary N) is 1. The number of sulfone groups is 1. The summed E-state index contributed by atoms with van der Waals surface area (Å²) in [4.78, 5) is 37.2. The number of carbonyl (C=O) groups excluding carboxylic acids is 2. The Hall–Kier alpha value is -3.08. The Bertz CT molecular complexity index is 1250. The van der Waals surface area contributed by atoms with E-state index in [1.54, 1.807) is 13.8 Å². The third-order valence-corrected chi connectivity index (χ3v) is 7.08. The lowest BCUT2D eigenvalue weighted by molar-refractivity contribution is -0.138. The lowest BCUT2D eigenvalue weighted by Crippen LogP contribution is -2.45. The minimum atomic E-state index is -2.95. The van der Waals surface area contributed by atoms with Gasteiger partial charge in [-0.25, -0.2) is 13.4 Å². The molecule has 2 aromatic rings. The van der Waals surface area contributed by atoms with Crippen LogP contribution >= 0.6 is 0 Å². The molecule has 2 aromatic heterocycles. The van der Waals surface area contributed by atoms with Gasteiger partial charge < -0.3 is 36.6 Å². The number of aliphatic hydroxyl groups is 2. The van der Waals surface area contributed by atoms with Crippen LogP contribution in [0.1, 0.15) is 52.2 Å². The first kappa shape index (κ1) is 30.5. The Kier molecular flexibility index (Phi) is 10.4. The maximum atomic E-state index is 12.4. The maximum absolute atomic E-state index is 12.4. The van der Waals surface area contributed by atoms with Crippen LogP contribution in [0.4, 0.5) is 11.8 Å². The number of amides is 2. The number of carbonyl (C=O) groups is 2. The molecule has 0 unspecified atom stereocenters. The lowest BCUT2D eigenvalue weighted by atomic mass is 10.1. The lowest BCUT2D eigenvalue weighted by Gasteiger charge is -2.17. The second-order valence-electron chi connectivity index (χ2n) is 9.92. The minimum absolute atomic E-state index is 0.0725. The Morgan fingerprint density at radius 2 is 1.85 bits per heavy atom. The van der Waals surface area contributed by atoms with E-state index in [4.69, 9.17) is 10.5 Å². The summed E-state index contributed by atoms with van der Waals surface area (Å²) in [7, 11) is -2.95. The molecule has 0 aliphatic carbocycles. The van der Waals surface area contributed by atoms with Gasteiger partial charge >= 0.3 is 0 Å². The van der Waals surface area contributed by atoms with Crippen molar-refractivity contribution < 1.29 is 33.0 Å². The Balaban J connectivity index is 1.52. The molecule has 2 amide bonds. The summed E-state index contributed by atoms with van der Waals surface area (Å²) in [6.07, 6.45) is 0.402. The van der Waals surface area contributed by atoms with E-state index in [1.165, 1.54) is 17.2 Å². The van der Waals surface area contributed by atoms with Gasteiger partial charge in [0.2, 0.25) is 11.9 Å². The zero-order valence-electron chi connectivity index (χ0n) is 22.3. The SMILES string of the molecule is CC(C)NC(=O)[C@H]1O[C@@H](n2cnc3c(N)nc(NCCNC(=O)CCCCCCS(C)(=O)=O)nc32)[C@H](O)[C@@H]1O. The largest absolute Gasteiger partial charge is 0.387 e. The molecule has 0 saturated carbocycles. The van der Waals surface area contributed by atoms with Crippen LogP contribution in [0, 0.1) is 0 Å². The number of ether oxygens (including phenoxy) is 1. The van der Waals surface area contributed by atoms with Gasteiger partial charge in [-0.3, -0.25) is 14.2 Å². The fourth-order valence-corrected chi connectivity index (χ4v) is 4.87. The zero-order valence-corrected chi connectivity index (χ0v) is 23.1. The Labute approximate surface area is 226 Å². The molecule has 0 aromatic carbocycles. The van der Waals surface area contributed by atoms with Gasteiger partial charge in [0.15, 0.2) is 23.8 Å². The van der Waals surface area contributed by atoms with E-state index in [0.29, 0.717) is 32.4 Å². The van der Waals surface area contributed by atoms with Crippen LogP contribution in [0.15, 0.2) is 6.33 Å². The van der Waals surface area contributed by atoms with Gasteiger partial charge in [-0.1, -0.05) is 12.8 Å². The van der Waals surface area contributed by atoms with Gasteiger partial charge in [0.1, 0.15) is 27.6 Å². The molecule has 1 aliphatic heterocycles. The van der Waals surface area contributed by atoms with E-state index in [9.17, 15) is 28.2 Å². The number of hydrogen-bond acceptors (Lipinski definition) is 12. The van der Waals surface area contributed by atoms with Gasteiger partial charge in [0, 0.05) is 37.6 Å². The predicted octanol–water partition coefficient (Wildman–Crippen LogP) is -0.924. The summed E-state index contributed by atoms with van der Waals surface area (Å²) in [5.74, 6) is -0.270. The first-order valence-corrected chi connectivity index (χ1v) is 14.9. The molecular formula is C23H38N8O7S. The number of hydrogen-bond donors (Lipinski definition) is 6. The average Bonchev–Trinajstić information content (AvgIpc) is 3.39. The van der Waals surface area contributed by atoms with Crippen molar-refractivity contribution in [3.8, 4) is 0 Å². The molecule has 0 spiro atoms. The van der Waals surface area contributed by atoms with Crippen LogP contribution in [0.3, 0.4) is 0 Å². The van der Waals surface area contributed by atoms with Crippen molar-refractivity contribution in [1.82, 2.24) is 30.2 Å². The summed E-state index contributed by atoms with van der Waals surface area (Å²) in [5.41, 5.74) is 6.52. The number of aromatic nitrogens is 4. The first-order chi connectivity index (χ1) is 18.4. The number of imidazole rings is 1. The van der Waals surface area contributed by atoms with Gasteiger partial charge in [-0.15, -0.1) is 0 Å². The third-order valence-electron chi connectivity index (χ3n) is 6.05. The molecule has 3 heterocycles. The molecule has 15 nitrogen and oxygen atoms in total. The van der Waals surface area contributed by atoms with Crippen LogP contribution in [0.5, 0.6) is 0 Å². The summed E-state index contributed by atoms with van der Waals surface area (Å²) < 4.78 is 29.3. The van der Waals surface area contributed by atoms with Crippen molar-refractivity contribution in [2.45, 2.75) is 76.5 Å². The number of anilines is 2. The van der Waals surface area contributed by atoms with Crippen molar-refractivity contribution in [3.05, 3.63) is 6.33 Å². The summed E-state index contributed by atoms with van der Waals surface area (Å²) in [5, 5.41) is 29.4. The smallest absolute Gasteiger partial charge is 0.252 e. The van der Waals surface area contributed by atoms with E-state index < -0.39 is 40.3 Å². The summed E-state index contributed by atoms with van der Waals surface area (Å²) in [6, 6.07) is -0.178. The van der Waals surface area contributed by atoms with E-state index in [0.717, 1.165) is 12.8 Å². The van der Waals surface area contributed by atoms with Crippen molar-refractivity contribution in [3.63, 3.8) is 0 Å². The predicted molar refractivity (Wildman–Crippen MR) is 143 cm³/mol. The first-order valence-electron chi connectivity index (χ1n) is 12.9. The van der Waals surface area contributed by atoms with Crippen LogP contribution in [-0.2, 0) is 24.2 Å². The molecule has 0 radical (unpaired) electrons. The van der Waals surface area contributed by atoms with Crippen molar-refractivity contribution in [2.24, 2.45) is 0 Å². The number of rotatable bonds is 14. The third kappa shape index (κ3) is 8.45. The monoisotopic (exact) mass is 570 g/mol. The number of nitrogen functional groups attached to an aromatic ring is 1. The van der Waals surface area contributed by atoms with E-state index in [2.05, 4.69) is 30.9 Å². The molecule has 3 rings (SSSR count). The second kappa shape index (κ2) is 13.3. The highest BCUT2D eigenvalue weighted by Gasteiger charge is 2.47. The van der Waals surface area contributed by atoms with E-state index >= 15 is 0 Å². The summed E-state index contributed by atoms with van der Waals surface area (Å²) in [6.45, 7) is 4.14. The Morgan fingerprint density at radius 3 is 2.54 bits per heavy atom. The molecule has 1 fully saturated rings. The minimum Gasteiger partial charge on any atom is -0.387 e. The van der Waals surface area contributed by atoms with Crippen molar-refractivity contribution in [2.75, 3.05) is 36.1 Å². The molecular weight excluding hydrogens is 532 g/mol. The number of fused-ring (bicyclic) bond motifs is 1. The van der Waals surface area contributed by atoms with Crippen molar-refractivity contribution in [1.29, 1.82) is 0 Å². The highest BCUT2D eigenvalue weighted by molar-refractivity contribution is 7.90. The van der Waals surface area contributed by atoms with Crippen LogP contribution in [-0.4, -0.2) is 99.4 Å². The van der Waals surface area contributed by atoms with E-state index in [1.807, 2.05) is 0 Å². The number of nitrogens with one attached hydrogen (secondary N) is 3. The molecule has 7 N–H and O–H groups in total. The molecule has 16 heteroatoms. The topological polar surface area (TPSA) is 224 Å². The molecule has 1 aliphatic rings. The zero-order chi connectivity index (χ0) is 28.7. The molecule has 0 bridgehead atoms. The van der Waals surface area contributed by atoms with E-state index in [-0.39, 0.29) is 40.6 Å². The normalized spacial score (nSPS) is 21.4. The Morgan fingerprint density at radius 1 is 1.13 bits per heavy atom. The molecule has 4 atom stereocenters. The van der Waals surface area contributed by atoms with Crippen LogP contribution < -0.4 is 21.7 Å². The van der Waals surface area contributed by atoms with Gasteiger partial charge in [-0.05, 0) is 26.7 Å². The fourth-order valence-electron chi connectivity index (χ4n) is 4.14. The van der Waals surface area contributed by atoms with Gasteiger partial charge in [0.05, 0.1) is 6.33 Å². The maximum Gasteiger partial charge on any atom is 0.252 e. The second-order valence-corrected chi connectivity index (χ2v) is 12.2. The summed E-state index contributed by atoms with van der Waals surface area (Å²) >= 11 is 0. The van der Waals surface area contributed by atoms with Crippen molar-refractivity contribution >= 4 is 44.6 Å². The number of unbranched alkanes of at least 4 members (excludes halogenated alkanes) is 3. The number of nitrogens with zero attached hydrogens (tertiary/aromatic N) is 4. The van der Waals surface area contributed by atoms with Gasteiger partial charge in [-0.2, -0.15) is 9.97 Å². The van der Waals surface area contributed by atoms with Crippen LogP contribution in [0.25, 0.3) is 11.2 Å².